The van der Waals surface area contributed by atoms with Gasteiger partial charge in [-0.1, -0.05) is 26.7 Å². The molecule has 0 bridgehead atoms. The maximum Gasteiger partial charge on any atom is 0.0203 e. The van der Waals surface area contributed by atoms with Gasteiger partial charge in [-0.05, 0) is 6.42 Å². The lowest BCUT2D eigenvalue weighted by Gasteiger charge is -1.92. The monoisotopic (exact) mass is 109 g/mol. The first-order chi connectivity index (χ1) is 3.81. The topological polar surface area (TPSA) is 0 Å². The molecule has 0 aromatic heterocycles. The molecule has 0 rings (SSSR count). The van der Waals surface area contributed by atoms with Crippen molar-refractivity contribution in [2.24, 2.45) is 5.92 Å². The van der Waals surface area contributed by atoms with Gasteiger partial charge in [0.2, 0.25) is 0 Å². The second kappa shape index (κ2) is 4.71. The molecule has 0 aliphatic heterocycles. The lowest BCUT2D eigenvalue weighted by atomic mass is 10.1. The fourth-order valence-corrected chi connectivity index (χ4v) is 0.346. The third-order valence-corrected chi connectivity index (χ3v) is 1.01. The van der Waals surface area contributed by atoms with E-state index in [1.54, 1.807) is 0 Å². The van der Waals surface area contributed by atoms with Crippen LogP contribution in [0.1, 0.15) is 27.2 Å². The number of hydrogen-bond donors (Lipinski definition) is 0. The van der Waals surface area contributed by atoms with Gasteiger partial charge in [-0.3, -0.25) is 0 Å². The highest BCUT2D eigenvalue weighted by Gasteiger charge is 1.87. The summed E-state index contributed by atoms with van der Waals surface area (Å²) in [5, 5.41) is 0. The summed E-state index contributed by atoms with van der Waals surface area (Å²) in [6.45, 7) is 6.20. The highest BCUT2D eigenvalue weighted by Crippen LogP contribution is 1.94. The molecule has 1 radical (unpaired) electrons. The van der Waals surface area contributed by atoms with Gasteiger partial charge < -0.3 is 0 Å². The fourth-order valence-electron chi connectivity index (χ4n) is 0.346. The van der Waals surface area contributed by atoms with E-state index in [4.69, 9.17) is 0 Å². The van der Waals surface area contributed by atoms with E-state index in [9.17, 15) is 0 Å². The molecule has 1 atom stereocenters. The van der Waals surface area contributed by atoms with Crippen LogP contribution in [-0.2, 0) is 0 Å². The summed E-state index contributed by atoms with van der Waals surface area (Å²) in [5.74, 6) is 6.56. The van der Waals surface area contributed by atoms with Crippen LogP contribution in [0.15, 0.2) is 0 Å². The summed E-state index contributed by atoms with van der Waals surface area (Å²) in [5.41, 5.74) is 0. The summed E-state index contributed by atoms with van der Waals surface area (Å²) in [7, 11) is 0. The molecule has 45 valence electrons. The average molecular weight is 109 g/mol. The maximum atomic E-state index is 3.08. The van der Waals surface area contributed by atoms with Crippen LogP contribution in [0.25, 0.3) is 0 Å². The largest absolute Gasteiger partial charge is 0.103 e. The number of rotatable bonds is 1. The van der Waals surface area contributed by atoms with Crippen molar-refractivity contribution in [3.8, 4) is 11.8 Å². The first kappa shape index (κ1) is 7.56. The molecular formula is C8H13. The molecule has 0 aliphatic rings. The van der Waals surface area contributed by atoms with Crippen molar-refractivity contribution in [2.45, 2.75) is 27.2 Å². The van der Waals surface area contributed by atoms with Crippen LogP contribution in [0.3, 0.4) is 0 Å². The Morgan fingerprint density at radius 3 is 2.62 bits per heavy atom. The van der Waals surface area contributed by atoms with E-state index in [1.165, 1.54) is 0 Å². The second-order valence-electron chi connectivity index (χ2n) is 1.80. The van der Waals surface area contributed by atoms with Crippen molar-refractivity contribution < 1.29 is 0 Å². The van der Waals surface area contributed by atoms with Gasteiger partial charge in [-0.15, -0.1) is 5.92 Å². The molecule has 0 aromatic carbocycles. The SMILES string of the molecule is C[CH]C(C)C#CCC. The first-order valence-electron chi connectivity index (χ1n) is 3.09. The van der Waals surface area contributed by atoms with Gasteiger partial charge in [0.15, 0.2) is 0 Å². The zero-order valence-corrected chi connectivity index (χ0v) is 5.86. The molecule has 0 spiro atoms. The van der Waals surface area contributed by atoms with Crippen LogP contribution >= 0.6 is 0 Å². The molecule has 0 heterocycles. The molecule has 0 aliphatic carbocycles. The molecule has 0 N–H and O–H groups in total. The lowest BCUT2D eigenvalue weighted by Crippen LogP contribution is -1.84. The highest BCUT2D eigenvalue weighted by molar-refractivity contribution is 5.04. The Morgan fingerprint density at radius 2 is 2.25 bits per heavy atom. The Kier molecular flexibility index (Phi) is 4.45. The zero-order valence-electron chi connectivity index (χ0n) is 5.86. The third-order valence-electron chi connectivity index (χ3n) is 1.01. The molecule has 0 fully saturated rings. The van der Waals surface area contributed by atoms with E-state index < -0.39 is 0 Å². The van der Waals surface area contributed by atoms with Crippen molar-refractivity contribution in [3.63, 3.8) is 0 Å². The summed E-state index contributed by atoms with van der Waals surface area (Å²) in [4.78, 5) is 0. The normalized spacial score (nSPS) is 11.9. The molecule has 1 unspecified atom stereocenters. The summed E-state index contributed by atoms with van der Waals surface area (Å²) < 4.78 is 0. The third kappa shape index (κ3) is 3.74. The van der Waals surface area contributed by atoms with E-state index in [2.05, 4.69) is 32.1 Å². The molecule has 0 saturated heterocycles. The Labute approximate surface area is 52.3 Å². The molecular weight excluding hydrogens is 96.1 g/mol. The Bertz CT molecular complexity index is 92.3. The standard InChI is InChI=1S/C8H13/c1-4-6-7-8(3)5-2/h5,8H,4H2,1-3H3. The van der Waals surface area contributed by atoms with Gasteiger partial charge >= 0.3 is 0 Å². The van der Waals surface area contributed by atoms with Crippen molar-refractivity contribution in [1.82, 2.24) is 0 Å². The molecule has 0 heteroatoms. The quantitative estimate of drug-likeness (QED) is 0.453. The van der Waals surface area contributed by atoms with Crippen molar-refractivity contribution in [2.75, 3.05) is 0 Å². The minimum atomic E-state index is 0.468. The minimum Gasteiger partial charge on any atom is -0.103 e. The van der Waals surface area contributed by atoms with E-state index in [0.717, 1.165) is 6.42 Å². The lowest BCUT2D eigenvalue weighted by molar-refractivity contribution is 0.887. The maximum absolute atomic E-state index is 3.08. The average Bonchev–Trinajstić information content (AvgIpc) is 1.83. The molecule has 0 nitrogen and oxygen atoms in total. The van der Waals surface area contributed by atoms with Gasteiger partial charge in [0.25, 0.3) is 0 Å². The van der Waals surface area contributed by atoms with Crippen LogP contribution in [-0.4, -0.2) is 0 Å². The van der Waals surface area contributed by atoms with E-state index in [0.29, 0.717) is 5.92 Å². The van der Waals surface area contributed by atoms with Gasteiger partial charge in [-0.2, -0.15) is 0 Å². The van der Waals surface area contributed by atoms with Crippen molar-refractivity contribution >= 4 is 0 Å². The van der Waals surface area contributed by atoms with Crippen LogP contribution in [0, 0.1) is 24.2 Å². The smallest absolute Gasteiger partial charge is 0.0203 e. The van der Waals surface area contributed by atoms with E-state index in [-0.39, 0.29) is 0 Å². The van der Waals surface area contributed by atoms with Crippen LogP contribution in [0.4, 0.5) is 0 Å². The van der Waals surface area contributed by atoms with E-state index in [1.807, 2.05) is 6.92 Å². The molecule has 0 aromatic rings. The van der Waals surface area contributed by atoms with Crippen molar-refractivity contribution in [3.05, 3.63) is 6.42 Å². The van der Waals surface area contributed by atoms with Crippen LogP contribution < -0.4 is 0 Å². The van der Waals surface area contributed by atoms with Gasteiger partial charge in [0.1, 0.15) is 0 Å². The predicted molar refractivity (Wildman–Crippen MR) is 37.2 cm³/mol. The zero-order chi connectivity index (χ0) is 6.41. The van der Waals surface area contributed by atoms with E-state index >= 15 is 0 Å². The Morgan fingerprint density at radius 1 is 1.62 bits per heavy atom. The first-order valence-corrected chi connectivity index (χ1v) is 3.09. The van der Waals surface area contributed by atoms with Crippen LogP contribution in [0.5, 0.6) is 0 Å². The fraction of sp³-hybridized carbons (Fsp3) is 0.625. The summed E-state index contributed by atoms with van der Waals surface area (Å²) >= 11 is 0. The van der Waals surface area contributed by atoms with Crippen molar-refractivity contribution in [1.29, 1.82) is 0 Å². The summed E-state index contributed by atoms with van der Waals surface area (Å²) in [6.07, 6.45) is 3.07. The Hall–Kier alpha value is -0.440. The van der Waals surface area contributed by atoms with Gasteiger partial charge in [0.05, 0.1) is 0 Å². The highest BCUT2D eigenvalue weighted by atomic mass is 13.9. The minimum absolute atomic E-state index is 0.468. The molecule has 8 heavy (non-hydrogen) atoms. The predicted octanol–water partition coefficient (Wildman–Crippen LogP) is 2.26. The van der Waals surface area contributed by atoms with Crippen LogP contribution in [0.2, 0.25) is 0 Å². The van der Waals surface area contributed by atoms with Gasteiger partial charge in [0, 0.05) is 12.3 Å². The van der Waals surface area contributed by atoms with Gasteiger partial charge in [-0.25, -0.2) is 0 Å². The number of hydrogen-bond acceptors (Lipinski definition) is 0. The summed E-state index contributed by atoms with van der Waals surface area (Å²) in [6, 6.07) is 0. The molecule has 0 amide bonds. The molecule has 0 saturated carbocycles. The Balaban J connectivity index is 3.35. The second-order valence-corrected chi connectivity index (χ2v) is 1.80.